The first-order valence-electron chi connectivity index (χ1n) is 9.21. The number of hydrogen-bond donors (Lipinski definition) is 4. The quantitative estimate of drug-likeness (QED) is 0.483. The highest BCUT2D eigenvalue weighted by Gasteiger charge is 2.25. The van der Waals surface area contributed by atoms with Crippen LogP contribution in [0.15, 0.2) is 60.7 Å². The Balaban J connectivity index is 2.07. The minimum absolute atomic E-state index is 0.276. The van der Waals surface area contributed by atoms with Gasteiger partial charge in [0.15, 0.2) is 0 Å². The highest BCUT2D eigenvalue weighted by molar-refractivity contribution is 5.98. The van der Waals surface area contributed by atoms with E-state index < -0.39 is 23.9 Å². The molecule has 7 nitrogen and oxygen atoms in total. The molecule has 0 aliphatic rings. The number of amides is 3. The minimum Gasteiger partial charge on any atom is -0.368 e. The zero-order chi connectivity index (χ0) is 20.4. The number of nitrogens with two attached hydrogens (primary N) is 2. The molecule has 0 aromatic heterocycles. The van der Waals surface area contributed by atoms with E-state index in [1.807, 2.05) is 30.3 Å². The molecule has 6 N–H and O–H groups in total. The van der Waals surface area contributed by atoms with Crippen LogP contribution in [-0.4, -0.2) is 36.3 Å². The van der Waals surface area contributed by atoms with Crippen molar-refractivity contribution in [3.63, 3.8) is 0 Å². The van der Waals surface area contributed by atoms with Crippen molar-refractivity contribution in [2.45, 2.75) is 31.3 Å². The summed E-state index contributed by atoms with van der Waals surface area (Å²) in [4.78, 5) is 37.0. The Morgan fingerprint density at radius 1 is 0.857 bits per heavy atom. The fourth-order valence-electron chi connectivity index (χ4n) is 2.77. The molecular formula is C21H26N4O3. The lowest BCUT2D eigenvalue weighted by Gasteiger charge is -2.22. The Bertz CT molecular complexity index is 781. The van der Waals surface area contributed by atoms with Crippen LogP contribution in [0.3, 0.4) is 0 Å². The average molecular weight is 382 g/mol. The van der Waals surface area contributed by atoms with Crippen molar-refractivity contribution in [1.29, 1.82) is 0 Å². The third-order valence-corrected chi connectivity index (χ3v) is 4.30. The molecule has 0 saturated carbocycles. The van der Waals surface area contributed by atoms with Gasteiger partial charge in [0.2, 0.25) is 11.8 Å². The number of hydrogen-bond acceptors (Lipinski definition) is 4. The van der Waals surface area contributed by atoms with Gasteiger partial charge in [0, 0.05) is 12.0 Å². The van der Waals surface area contributed by atoms with Crippen LogP contribution in [-0.2, 0) is 16.0 Å². The Morgan fingerprint density at radius 3 is 2.04 bits per heavy atom. The summed E-state index contributed by atoms with van der Waals surface area (Å²) in [7, 11) is 0. The fraction of sp³-hybridized carbons (Fsp3) is 0.286. The molecule has 0 radical (unpaired) electrons. The highest BCUT2D eigenvalue weighted by Crippen LogP contribution is 2.06. The molecule has 7 heteroatoms. The van der Waals surface area contributed by atoms with Gasteiger partial charge in [-0.2, -0.15) is 0 Å². The first kappa shape index (κ1) is 21.1. The molecule has 2 aromatic rings. The minimum atomic E-state index is -0.871. The van der Waals surface area contributed by atoms with Gasteiger partial charge < -0.3 is 22.1 Å². The SMILES string of the molecule is NCCC[C@H](NC(=O)c1ccccc1)C(=O)N[C@@H](Cc1ccccc1)C(N)=O. The molecule has 2 aromatic carbocycles. The Kier molecular flexibility index (Phi) is 8.17. The van der Waals surface area contributed by atoms with Crippen molar-refractivity contribution < 1.29 is 14.4 Å². The van der Waals surface area contributed by atoms with Crippen molar-refractivity contribution in [3.8, 4) is 0 Å². The van der Waals surface area contributed by atoms with E-state index >= 15 is 0 Å². The Hall–Kier alpha value is -3.19. The van der Waals surface area contributed by atoms with Crippen molar-refractivity contribution in [2.75, 3.05) is 6.54 Å². The summed E-state index contributed by atoms with van der Waals surface area (Å²) in [6, 6.07) is 16.2. The summed E-state index contributed by atoms with van der Waals surface area (Å²) in [6.45, 7) is 0.383. The van der Waals surface area contributed by atoms with Crippen LogP contribution in [0.1, 0.15) is 28.8 Å². The number of carbonyl (C=O) groups is 3. The lowest BCUT2D eigenvalue weighted by Crippen LogP contribution is -2.53. The first-order chi connectivity index (χ1) is 13.5. The number of rotatable bonds is 10. The zero-order valence-electron chi connectivity index (χ0n) is 15.6. The van der Waals surface area contributed by atoms with Gasteiger partial charge in [-0.05, 0) is 37.1 Å². The van der Waals surface area contributed by atoms with Gasteiger partial charge >= 0.3 is 0 Å². The highest BCUT2D eigenvalue weighted by atomic mass is 16.2. The normalized spacial score (nSPS) is 12.6. The average Bonchev–Trinajstić information content (AvgIpc) is 2.71. The molecule has 2 rings (SSSR count). The third kappa shape index (κ3) is 6.51. The Labute approximate surface area is 164 Å². The maximum Gasteiger partial charge on any atom is 0.251 e. The molecule has 0 heterocycles. The van der Waals surface area contributed by atoms with Gasteiger partial charge in [-0.3, -0.25) is 14.4 Å². The van der Waals surface area contributed by atoms with Crippen LogP contribution < -0.4 is 22.1 Å². The summed E-state index contributed by atoms with van der Waals surface area (Å²) < 4.78 is 0. The lowest BCUT2D eigenvalue weighted by molar-refractivity contribution is -0.128. The van der Waals surface area contributed by atoms with Crippen LogP contribution in [0.4, 0.5) is 0 Å². The molecule has 0 fully saturated rings. The number of carbonyl (C=O) groups excluding carboxylic acids is 3. The summed E-state index contributed by atoms with van der Waals surface area (Å²) in [6.07, 6.45) is 1.18. The van der Waals surface area contributed by atoms with Crippen molar-refractivity contribution >= 4 is 17.7 Å². The van der Waals surface area contributed by atoms with Crippen molar-refractivity contribution in [3.05, 3.63) is 71.8 Å². The summed E-state index contributed by atoms with van der Waals surface area (Å²) >= 11 is 0. The van der Waals surface area contributed by atoms with E-state index in [1.54, 1.807) is 30.3 Å². The maximum atomic E-state index is 12.7. The van der Waals surface area contributed by atoms with Crippen LogP contribution >= 0.6 is 0 Å². The second-order valence-corrected chi connectivity index (χ2v) is 6.48. The largest absolute Gasteiger partial charge is 0.368 e. The summed E-state index contributed by atoms with van der Waals surface area (Å²) in [5.74, 6) is -1.46. The molecule has 28 heavy (non-hydrogen) atoms. The van der Waals surface area contributed by atoms with Crippen molar-refractivity contribution in [2.24, 2.45) is 11.5 Å². The molecule has 0 bridgehead atoms. The smallest absolute Gasteiger partial charge is 0.251 e. The predicted octanol–water partition coefficient (Wildman–Crippen LogP) is 0.737. The van der Waals surface area contributed by atoms with E-state index in [1.165, 1.54) is 0 Å². The fourth-order valence-corrected chi connectivity index (χ4v) is 2.77. The number of primary amides is 1. The van der Waals surface area contributed by atoms with Crippen LogP contribution in [0.5, 0.6) is 0 Å². The first-order valence-corrected chi connectivity index (χ1v) is 9.21. The van der Waals surface area contributed by atoms with E-state index in [0.29, 0.717) is 24.9 Å². The molecule has 148 valence electrons. The van der Waals surface area contributed by atoms with Gasteiger partial charge in [-0.15, -0.1) is 0 Å². The molecule has 3 amide bonds. The number of benzene rings is 2. The van der Waals surface area contributed by atoms with Gasteiger partial charge in [-0.25, -0.2) is 0 Å². The molecule has 2 atom stereocenters. The van der Waals surface area contributed by atoms with Gasteiger partial charge in [0.1, 0.15) is 12.1 Å². The monoisotopic (exact) mass is 382 g/mol. The molecule has 0 saturated heterocycles. The van der Waals surface area contributed by atoms with Gasteiger partial charge in [0.25, 0.3) is 5.91 Å². The van der Waals surface area contributed by atoms with Gasteiger partial charge in [-0.1, -0.05) is 48.5 Å². The third-order valence-electron chi connectivity index (χ3n) is 4.30. The Morgan fingerprint density at radius 2 is 1.46 bits per heavy atom. The summed E-state index contributed by atoms with van der Waals surface area (Å²) in [5, 5.41) is 5.38. The standard InChI is InChI=1S/C21H26N4O3/c22-13-7-12-17(24-20(27)16-10-5-2-6-11-16)21(28)25-18(19(23)26)14-15-8-3-1-4-9-15/h1-6,8-11,17-18H,7,12-14,22H2,(H2,23,26)(H,24,27)(H,25,28)/t17-,18-/m0/s1. The van der Waals surface area contributed by atoms with E-state index in [0.717, 1.165) is 5.56 Å². The van der Waals surface area contributed by atoms with E-state index in [4.69, 9.17) is 11.5 Å². The molecular weight excluding hydrogens is 356 g/mol. The van der Waals surface area contributed by atoms with Crippen LogP contribution in [0, 0.1) is 0 Å². The number of nitrogens with one attached hydrogen (secondary N) is 2. The molecule has 0 aliphatic heterocycles. The molecule has 0 aliphatic carbocycles. The maximum absolute atomic E-state index is 12.7. The zero-order valence-corrected chi connectivity index (χ0v) is 15.6. The van der Waals surface area contributed by atoms with Crippen LogP contribution in [0.25, 0.3) is 0 Å². The van der Waals surface area contributed by atoms with Crippen molar-refractivity contribution in [1.82, 2.24) is 10.6 Å². The van der Waals surface area contributed by atoms with E-state index in [9.17, 15) is 14.4 Å². The van der Waals surface area contributed by atoms with Crippen LogP contribution in [0.2, 0.25) is 0 Å². The topological polar surface area (TPSA) is 127 Å². The van der Waals surface area contributed by atoms with E-state index in [2.05, 4.69) is 10.6 Å². The van der Waals surface area contributed by atoms with E-state index in [-0.39, 0.29) is 12.3 Å². The van der Waals surface area contributed by atoms with Gasteiger partial charge in [0.05, 0.1) is 0 Å². The predicted molar refractivity (Wildman–Crippen MR) is 107 cm³/mol. The second kappa shape index (κ2) is 10.8. The lowest BCUT2D eigenvalue weighted by atomic mass is 10.0. The molecule has 0 unspecified atom stereocenters. The summed E-state index contributed by atoms with van der Waals surface area (Å²) in [5.41, 5.74) is 12.3. The molecule has 0 spiro atoms. The second-order valence-electron chi connectivity index (χ2n) is 6.48.